The highest BCUT2D eigenvalue weighted by atomic mass is 32.1. The highest BCUT2D eigenvalue weighted by Crippen LogP contribution is 2.21. The van der Waals surface area contributed by atoms with Gasteiger partial charge < -0.3 is 10.6 Å². The van der Waals surface area contributed by atoms with Crippen LogP contribution in [0.5, 0.6) is 0 Å². The summed E-state index contributed by atoms with van der Waals surface area (Å²) in [4.78, 5) is 28.3. The van der Waals surface area contributed by atoms with E-state index in [1.54, 1.807) is 0 Å². The fourth-order valence-corrected chi connectivity index (χ4v) is 3.14. The molecule has 1 heterocycles. The van der Waals surface area contributed by atoms with Gasteiger partial charge in [0.2, 0.25) is 11.8 Å². The minimum atomic E-state index is -0.233. The summed E-state index contributed by atoms with van der Waals surface area (Å²) in [6.07, 6.45) is 0.265. The minimum absolute atomic E-state index is 0.0391. The highest BCUT2D eigenvalue weighted by Gasteiger charge is 2.08. The van der Waals surface area contributed by atoms with Crippen LogP contribution >= 0.6 is 11.3 Å². The molecule has 2 amide bonds. The molecule has 0 unspecified atom stereocenters. The Bertz CT molecular complexity index is 863. The summed E-state index contributed by atoms with van der Waals surface area (Å²) in [7, 11) is 0. The van der Waals surface area contributed by atoms with E-state index in [1.165, 1.54) is 11.3 Å². The predicted molar refractivity (Wildman–Crippen MR) is 103 cm³/mol. The molecule has 5 nitrogen and oxygen atoms in total. The number of carbonyl (C=O) groups excluding carboxylic acids is 2. The molecule has 1 aromatic heterocycles. The molecule has 132 valence electrons. The molecule has 0 aliphatic carbocycles. The monoisotopic (exact) mass is 365 g/mol. The Labute approximate surface area is 156 Å². The van der Waals surface area contributed by atoms with Gasteiger partial charge in [0, 0.05) is 10.9 Å². The molecule has 0 saturated carbocycles. The van der Waals surface area contributed by atoms with Gasteiger partial charge in [-0.1, -0.05) is 60.7 Å². The van der Waals surface area contributed by atoms with Crippen LogP contribution in [0.4, 0.5) is 0 Å². The van der Waals surface area contributed by atoms with Crippen LogP contribution in [-0.4, -0.2) is 23.3 Å². The van der Waals surface area contributed by atoms with E-state index in [4.69, 9.17) is 0 Å². The molecule has 0 aliphatic rings. The molecule has 0 atom stereocenters. The second kappa shape index (κ2) is 8.92. The van der Waals surface area contributed by atoms with Crippen molar-refractivity contribution in [3.8, 4) is 11.3 Å². The van der Waals surface area contributed by atoms with Crippen LogP contribution in [0.2, 0.25) is 0 Å². The van der Waals surface area contributed by atoms with Crippen molar-refractivity contribution in [2.24, 2.45) is 0 Å². The molecule has 0 spiro atoms. The van der Waals surface area contributed by atoms with E-state index < -0.39 is 0 Å². The van der Waals surface area contributed by atoms with Gasteiger partial charge in [-0.25, -0.2) is 4.98 Å². The molecule has 0 fully saturated rings. The normalized spacial score (nSPS) is 10.3. The number of hydrogen-bond donors (Lipinski definition) is 2. The SMILES string of the molecule is O=C(CNC(=O)Cc1ccccc1)NCc1nc(-c2ccccc2)cs1. The van der Waals surface area contributed by atoms with E-state index in [9.17, 15) is 9.59 Å². The van der Waals surface area contributed by atoms with Crippen LogP contribution in [0.15, 0.2) is 66.0 Å². The van der Waals surface area contributed by atoms with Gasteiger partial charge in [-0.3, -0.25) is 9.59 Å². The van der Waals surface area contributed by atoms with E-state index in [-0.39, 0.29) is 24.8 Å². The highest BCUT2D eigenvalue weighted by molar-refractivity contribution is 7.09. The van der Waals surface area contributed by atoms with Crippen molar-refractivity contribution < 1.29 is 9.59 Å². The van der Waals surface area contributed by atoms with Gasteiger partial charge in [-0.15, -0.1) is 11.3 Å². The number of thiazole rings is 1. The Morgan fingerprint density at radius 2 is 1.58 bits per heavy atom. The number of amides is 2. The first kappa shape index (κ1) is 17.8. The first-order valence-electron chi connectivity index (χ1n) is 8.28. The Hall–Kier alpha value is -2.99. The first-order chi connectivity index (χ1) is 12.7. The molecular formula is C20H19N3O2S. The van der Waals surface area contributed by atoms with E-state index in [2.05, 4.69) is 15.6 Å². The predicted octanol–water partition coefficient (Wildman–Crippen LogP) is 2.79. The lowest BCUT2D eigenvalue weighted by Gasteiger charge is -2.06. The standard InChI is InChI=1S/C20H19N3O2S/c24-18(11-15-7-3-1-4-8-15)21-12-19(25)22-13-20-23-17(14-26-20)16-9-5-2-6-10-16/h1-10,14H,11-13H2,(H,21,24)(H,22,25). The maximum Gasteiger partial charge on any atom is 0.239 e. The maximum atomic E-state index is 11.9. The third-order valence-corrected chi connectivity index (χ3v) is 4.56. The van der Waals surface area contributed by atoms with Gasteiger partial charge in [-0.05, 0) is 5.56 Å². The molecule has 2 N–H and O–H groups in total. The fraction of sp³-hybridized carbons (Fsp3) is 0.150. The van der Waals surface area contributed by atoms with Crippen molar-refractivity contribution >= 4 is 23.2 Å². The molecule has 26 heavy (non-hydrogen) atoms. The molecule has 0 radical (unpaired) electrons. The van der Waals surface area contributed by atoms with Gasteiger partial charge in [0.05, 0.1) is 25.2 Å². The molecule has 3 rings (SSSR count). The lowest BCUT2D eigenvalue weighted by Crippen LogP contribution is -2.37. The van der Waals surface area contributed by atoms with Gasteiger partial charge in [-0.2, -0.15) is 0 Å². The van der Waals surface area contributed by atoms with Gasteiger partial charge in [0.15, 0.2) is 0 Å². The van der Waals surface area contributed by atoms with E-state index in [0.717, 1.165) is 21.8 Å². The smallest absolute Gasteiger partial charge is 0.239 e. The molecule has 0 bridgehead atoms. The third kappa shape index (κ3) is 5.26. The second-order valence-electron chi connectivity index (χ2n) is 5.71. The maximum absolute atomic E-state index is 11.9. The molecule has 6 heteroatoms. The number of benzene rings is 2. The lowest BCUT2D eigenvalue weighted by molar-refractivity contribution is -0.125. The zero-order valence-corrected chi connectivity index (χ0v) is 15.0. The Morgan fingerprint density at radius 1 is 0.885 bits per heavy atom. The quantitative estimate of drug-likeness (QED) is 0.676. The number of nitrogens with one attached hydrogen (secondary N) is 2. The van der Waals surface area contributed by atoms with Crippen LogP contribution in [0.3, 0.4) is 0 Å². The van der Waals surface area contributed by atoms with E-state index in [1.807, 2.05) is 66.0 Å². The minimum Gasteiger partial charge on any atom is -0.348 e. The van der Waals surface area contributed by atoms with Crippen molar-refractivity contribution in [2.75, 3.05) is 6.54 Å². The number of rotatable bonds is 7. The first-order valence-corrected chi connectivity index (χ1v) is 9.16. The van der Waals surface area contributed by atoms with E-state index >= 15 is 0 Å². The largest absolute Gasteiger partial charge is 0.348 e. The molecular weight excluding hydrogens is 346 g/mol. The third-order valence-electron chi connectivity index (χ3n) is 3.71. The van der Waals surface area contributed by atoms with E-state index in [0.29, 0.717) is 6.54 Å². The summed E-state index contributed by atoms with van der Waals surface area (Å²) < 4.78 is 0. The van der Waals surface area contributed by atoms with Gasteiger partial charge >= 0.3 is 0 Å². The number of hydrogen-bond acceptors (Lipinski definition) is 4. The van der Waals surface area contributed by atoms with Crippen molar-refractivity contribution in [3.05, 3.63) is 76.6 Å². The van der Waals surface area contributed by atoms with Crippen LogP contribution in [0, 0.1) is 0 Å². The van der Waals surface area contributed by atoms with Crippen LogP contribution in [-0.2, 0) is 22.6 Å². The molecule has 3 aromatic rings. The summed E-state index contributed by atoms with van der Waals surface area (Å²) >= 11 is 1.50. The fourth-order valence-electron chi connectivity index (χ4n) is 2.39. The number of aromatic nitrogens is 1. The molecule has 0 aliphatic heterocycles. The van der Waals surface area contributed by atoms with Crippen molar-refractivity contribution in [3.63, 3.8) is 0 Å². The van der Waals surface area contributed by atoms with Gasteiger partial charge in [0.25, 0.3) is 0 Å². The van der Waals surface area contributed by atoms with Crippen molar-refractivity contribution in [1.82, 2.24) is 15.6 Å². The van der Waals surface area contributed by atoms with Crippen molar-refractivity contribution in [1.29, 1.82) is 0 Å². The Morgan fingerprint density at radius 3 is 2.31 bits per heavy atom. The number of nitrogens with zero attached hydrogens (tertiary/aromatic N) is 1. The molecule has 2 aromatic carbocycles. The lowest BCUT2D eigenvalue weighted by atomic mass is 10.1. The summed E-state index contributed by atoms with van der Waals surface area (Å²) in [5.41, 5.74) is 2.87. The zero-order valence-electron chi connectivity index (χ0n) is 14.1. The average Bonchev–Trinajstić information content (AvgIpc) is 3.15. The van der Waals surface area contributed by atoms with Gasteiger partial charge in [0.1, 0.15) is 5.01 Å². The summed E-state index contributed by atoms with van der Waals surface area (Å²) in [5.74, 6) is -0.408. The van der Waals surface area contributed by atoms with Crippen molar-refractivity contribution in [2.45, 2.75) is 13.0 Å². The Balaban J connectivity index is 1.42. The zero-order chi connectivity index (χ0) is 18.2. The Kier molecular flexibility index (Phi) is 6.11. The topological polar surface area (TPSA) is 71.1 Å². The average molecular weight is 365 g/mol. The van der Waals surface area contributed by atoms with Crippen LogP contribution in [0.1, 0.15) is 10.6 Å². The van der Waals surface area contributed by atoms with Crippen LogP contribution < -0.4 is 10.6 Å². The number of carbonyl (C=O) groups is 2. The second-order valence-corrected chi connectivity index (χ2v) is 6.65. The molecule has 0 saturated heterocycles. The summed E-state index contributed by atoms with van der Waals surface area (Å²) in [6, 6.07) is 19.3. The van der Waals surface area contributed by atoms with Crippen LogP contribution in [0.25, 0.3) is 11.3 Å². The summed E-state index contributed by atoms with van der Waals surface area (Å²) in [6.45, 7) is 0.313. The summed E-state index contributed by atoms with van der Waals surface area (Å²) in [5, 5.41) is 8.20.